The number of ether oxygens (including phenoxy) is 1. The second-order valence-corrected chi connectivity index (χ2v) is 7.93. The van der Waals surface area contributed by atoms with Gasteiger partial charge in [0.2, 0.25) is 0 Å². The van der Waals surface area contributed by atoms with Crippen LogP contribution in [0.25, 0.3) is 0 Å². The highest BCUT2D eigenvalue weighted by Crippen LogP contribution is 2.51. The number of likely N-dealkylation sites (tertiary alicyclic amines) is 1. The van der Waals surface area contributed by atoms with Crippen LogP contribution in [0.3, 0.4) is 0 Å². The third kappa shape index (κ3) is 2.96. The van der Waals surface area contributed by atoms with E-state index in [9.17, 15) is 5.11 Å². The molecule has 0 amide bonds. The Balaban J connectivity index is 1.55. The zero-order valence-electron chi connectivity index (χ0n) is 13.9. The summed E-state index contributed by atoms with van der Waals surface area (Å²) >= 11 is 1.77. The zero-order valence-corrected chi connectivity index (χ0v) is 14.7. The Labute approximate surface area is 137 Å². The lowest BCUT2D eigenvalue weighted by molar-refractivity contribution is -0.209. The average molecular weight is 324 g/mol. The van der Waals surface area contributed by atoms with Gasteiger partial charge in [-0.05, 0) is 32.9 Å². The van der Waals surface area contributed by atoms with Crippen molar-refractivity contribution in [3.63, 3.8) is 0 Å². The highest BCUT2D eigenvalue weighted by atomic mass is 32.1. The summed E-state index contributed by atoms with van der Waals surface area (Å²) in [5, 5.41) is 13.7. The van der Waals surface area contributed by atoms with Gasteiger partial charge in [-0.1, -0.05) is 13.8 Å². The van der Waals surface area contributed by atoms with Gasteiger partial charge in [-0.15, -0.1) is 11.3 Å². The molecule has 0 radical (unpaired) electrons. The van der Waals surface area contributed by atoms with Gasteiger partial charge >= 0.3 is 0 Å². The monoisotopic (exact) mass is 324 g/mol. The summed E-state index contributed by atoms with van der Waals surface area (Å²) in [5.41, 5.74) is 1.22. The molecule has 2 fully saturated rings. The maximum absolute atomic E-state index is 10.3. The zero-order chi connectivity index (χ0) is 15.7. The Morgan fingerprint density at radius 2 is 2.18 bits per heavy atom. The van der Waals surface area contributed by atoms with E-state index in [1.807, 2.05) is 6.92 Å². The first-order valence-electron chi connectivity index (χ1n) is 8.51. The topological polar surface area (TPSA) is 45.6 Å². The van der Waals surface area contributed by atoms with E-state index in [1.54, 1.807) is 11.3 Å². The minimum Gasteiger partial charge on any atom is -0.392 e. The number of hydrogen-bond acceptors (Lipinski definition) is 5. The fourth-order valence-electron chi connectivity index (χ4n) is 3.83. The number of aromatic nitrogens is 1. The largest absolute Gasteiger partial charge is 0.392 e. The first kappa shape index (κ1) is 16.4. The number of aliphatic hydroxyl groups is 1. The molecule has 1 N–H and O–H groups in total. The van der Waals surface area contributed by atoms with E-state index in [0.717, 1.165) is 45.5 Å². The lowest BCUT2D eigenvalue weighted by Gasteiger charge is -2.56. The molecule has 3 rings (SSSR count). The molecule has 1 aromatic rings. The highest BCUT2D eigenvalue weighted by Gasteiger charge is 2.55. The Hall–Kier alpha value is -0.490. The predicted octanol–water partition coefficient (Wildman–Crippen LogP) is 3.02. The predicted molar refractivity (Wildman–Crippen MR) is 89.2 cm³/mol. The average Bonchev–Trinajstić information content (AvgIpc) is 2.97. The summed E-state index contributed by atoms with van der Waals surface area (Å²) in [5.74, 6) is 0.514. The molecule has 2 unspecified atom stereocenters. The molecule has 0 aromatic carbocycles. The Bertz CT molecular complexity index is 493. The van der Waals surface area contributed by atoms with Crippen molar-refractivity contribution in [3.05, 3.63) is 16.1 Å². The molecule has 5 heteroatoms. The number of rotatable bonds is 5. The van der Waals surface area contributed by atoms with Crippen LogP contribution in [0, 0.1) is 5.41 Å². The van der Waals surface area contributed by atoms with Gasteiger partial charge in [0.05, 0.1) is 22.9 Å². The van der Waals surface area contributed by atoms with Crippen molar-refractivity contribution in [1.29, 1.82) is 0 Å². The molecule has 2 aliphatic rings. The van der Waals surface area contributed by atoms with Crippen molar-refractivity contribution < 1.29 is 9.84 Å². The molecule has 1 saturated heterocycles. The second kappa shape index (κ2) is 6.56. The van der Waals surface area contributed by atoms with Crippen LogP contribution < -0.4 is 0 Å². The van der Waals surface area contributed by atoms with Crippen molar-refractivity contribution in [2.75, 3.05) is 19.7 Å². The number of piperidine rings is 1. The first-order chi connectivity index (χ1) is 10.5. The number of aliphatic hydroxyl groups excluding tert-OH is 1. The van der Waals surface area contributed by atoms with Gasteiger partial charge in [-0.3, -0.25) is 4.90 Å². The van der Waals surface area contributed by atoms with Gasteiger partial charge in [0.25, 0.3) is 0 Å². The van der Waals surface area contributed by atoms with E-state index in [-0.39, 0.29) is 17.6 Å². The Kier molecular flexibility index (Phi) is 4.88. The standard InChI is InChI=1S/C17H28N2O2S/c1-4-21-15-9-14(20)17(15)5-7-19(8-6-17)10-13-11-22-16(18-13)12(2)3/h11-12,14-15,20H,4-10H2,1-3H3. The smallest absolute Gasteiger partial charge is 0.0954 e. The van der Waals surface area contributed by atoms with Gasteiger partial charge in [-0.2, -0.15) is 0 Å². The van der Waals surface area contributed by atoms with Crippen LogP contribution in [0.1, 0.15) is 56.7 Å². The molecule has 2 atom stereocenters. The summed E-state index contributed by atoms with van der Waals surface area (Å²) in [4.78, 5) is 7.21. The van der Waals surface area contributed by atoms with E-state index in [0.29, 0.717) is 5.92 Å². The third-order valence-corrected chi connectivity index (χ3v) is 6.54. The van der Waals surface area contributed by atoms with Crippen LogP contribution in [-0.4, -0.2) is 46.9 Å². The van der Waals surface area contributed by atoms with Crippen molar-refractivity contribution in [3.8, 4) is 0 Å². The summed E-state index contributed by atoms with van der Waals surface area (Å²) in [7, 11) is 0. The van der Waals surface area contributed by atoms with Crippen molar-refractivity contribution >= 4 is 11.3 Å². The van der Waals surface area contributed by atoms with Gasteiger partial charge in [0.15, 0.2) is 0 Å². The number of hydrogen-bond donors (Lipinski definition) is 1. The Morgan fingerprint density at radius 1 is 1.45 bits per heavy atom. The molecule has 22 heavy (non-hydrogen) atoms. The summed E-state index contributed by atoms with van der Waals surface area (Å²) < 4.78 is 5.84. The van der Waals surface area contributed by atoms with Gasteiger partial charge in [0, 0.05) is 36.3 Å². The van der Waals surface area contributed by atoms with Gasteiger partial charge < -0.3 is 9.84 Å². The maximum atomic E-state index is 10.3. The van der Waals surface area contributed by atoms with Crippen LogP contribution >= 0.6 is 11.3 Å². The Morgan fingerprint density at radius 3 is 2.73 bits per heavy atom. The molecule has 0 bridgehead atoms. The SMILES string of the molecule is CCOC1CC(O)C12CCN(Cc1csc(C(C)C)n1)CC2. The first-order valence-corrected chi connectivity index (χ1v) is 9.39. The molecule has 1 aliphatic heterocycles. The van der Waals surface area contributed by atoms with E-state index in [4.69, 9.17) is 9.72 Å². The number of nitrogens with zero attached hydrogens (tertiary/aromatic N) is 2. The maximum Gasteiger partial charge on any atom is 0.0954 e. The van der Waals surface area contributed by atoms with E-state index in [1.165, 1.54) is 10.7 Å². The van der Waals surface area contributed by atoms with Crippen LogP contribution in [0.4, 0.5) is 0 Å². The lowest BCUT2D eigenvalue weighted by Crippen LogP contribution is -2.62. The summed E-state index contributed by atoms with van der Waals surface area (Å²) in [6, 6.07) is 0. The minimum atomic E-state index is -0.169. The molecule has 1 aromatic heterocycles. The van der Waals surface area contributed by atoms with Crippen LogP contribution in [-0.2, 0) is 11.3 Å². The number of thiazole rings is 1. The third-order valence-electron chi connectivity index (χ3n) is 5.35. The van der Waals surface area contributed by atoms with E-state index >= 15 is 0 Å². The fourth-order valence-corrected chi connectivity index (χ4v) is 4.66. The molecular weight excluding hydrogens is 296 g/mol. The van der Waals surface area contributed by atoms with Crippen LogP contribution in [0.15, 0.2) is 5.38 Å². The summed E-state index contributed by atoms with van der Waals surface area (Å²) in [6.45, 7) is 10.2. The van der Waals surface area contributed by atoms with Crippen LogP contribution in [0.2, 0.25) is 0 Å². The van der Waals surface area contributed by atoms with Crippen molar-refractivity contribution in [1.82, 2.24) is 9.88 Å². The molecule has 2 heterocycles. The second-order valence-electron chi connectivity index (χ2n) is 7.04. The molecule has 124 valence electrons. The quantitative estimate of drug-likeness (QED) is 0.904. The highest BCUT2D eigenvalue weighted by molar-refractivity contribution is 7.09. The van der Waals surface area contributed by atoms with E-state index < -0.39 is 0 Å². The fraction of sp³-hybridized carbons (Fsp3) is 0.824. The normalized spacial score (nSPS) is 28.2. The minimum absolute atomic E-state index is 0.0255. The molecular formula is C17H28N2O2S. The van der Waals surface area contributed by atoms with Crippen molar-refractivity contribution in [2.45, 2.75) is 64.7 Å². The lowest BCUT2D eigenvalue weighted by atomic mass is 9.58. The molecule has 1 saturated carbocycles. The molecule has 1 aliphatic carbocycles. The molecule has 4 nitrogen and oxygen atoms in total. The van der Waals surface area contributed by atoms with E-state index in [2.05, 4.69) is 24.1 Å². The van der Waals surface area contributed by atoms with Gasteiger partial charge in [-0.25, -0.2) is 4.98 Å². The van der Waals surface area contributed by atoms with Gasteiger partial charge in [0.1, 0.15) is 0 Å². The van der Waals surface area contributed by atoms with Crippen molar-refractivity contribution in [2.24, 2.45) is 5.41 Å². The summed E-state index contributed by atoms with van der Waals surface area (Å²) in [6.07, 6.45) is 3.00. The molecule has 1 spiro atoms. The van der Waals surface area contributed by atoms with Crippen LogP contribution in [0.5, 0.6) is 0 Å².